The van der Waals surface area contributed by atoms with Crippen LogP contribution in [-0.4, -0.2) is 0 Å². The third-order valence-corrected chi connectivity index (χ3v) is 7.19. The predicted octanol–water partition coefficient (Wildman–Crippen LogP) is 5.38. The van der Waals surface area contributed by atoms with Gasteiger partial charge in [-0.2, -0.15) is 0 Å². The number of rotatable bonds is 0. The molecule has 18 heavy (non-hydrogen) atoms. The van der Waals surface area contributed by atoms with Crippen LogP contribution in [0.1, 0.15) is 66.2 Å². The van der Waals surface area contributed by atoms with Gasteiger partial charge in [0.05, 0.1) is 0 Å². The molecule has 3 aliphatic carbocycles. The van der Waals surface area contributed by atoms with E-state index in [9.17, 15) is 0 Å². The van der Waals surface area contributed by atoms with Crippen molar-refractivity contribution in [3.8, 4) is 0 Å². The lowest BCUT2D eigenvalue weighted by atomic mass is 9.55. The molecule has 0 saturated heterocycles. The van der Waals surface area contributed by atoms with Crippen LogP contribution in [0.3, 0.4) is 0 Å². The molecule has 3 fully saturated rings. The topological polar surface area (TPSA) is 0 Å². The van der Waals surface area contributed by atoms with Crippen molar-refractivity contribution in [3.05, 3.63) is 0 Å². The third kappa shape index (κ3) is 2.25. The molecule has 0 nitrogen and oxygen atoms in total. The molecule has 3 saturated carbocycles. The molecular formula is C18H32. The maximum atomic E-state index is 2.50. The summed E-state index contributed by atoms with van der Waals surface area (Å²) in [4.78, 5) is 0. The van der Waals surface area contributed by atoms with Crippen molar-refractivity contribution in [2.45, 2.75) is 66.2 Å². The summed E-state index contributed by atoms with van der Waals surface area (Å²) < 4.78 is 0. The zero-order valence-corrected chi connectivity index (χ0v) is 12.9. The molecule has 3 aliphatic rings. The Balaban J connectivity index is 1.69. The zero-order chi connectivity index (χ0) is 12.9. The summed E-state index contributed by atoms with van der Waals surface area (Å²) in [6.07, 6.45) is 9.34. The molecule has 0 aromatic heterocycles. The first-order valence-corrected chi connectivity index (χ1v) is 8.54. The van der Waals surface area contributed by atoms with E-state index in [2.05, 4.69) is 27.7 Å². The molecule has 0 heteroatoms. The maximum absolute atomic E-state index is 2.50. The molecule has 8 atom stereocenters. The Kier molecular flexibility index (Phi) is 3.49. The normalized spacial score (nSPS) is 56.7. The van der Waals surface area contributed by atoms with E-state index >= 15 is 0 Å². The van der Waals surface area contributed by atoms with Crippen molar-refractivity contribution >= 4 is 0 Å². The molecule has 0 radical (unpaired) electrons. The van der Waals surface area contributed by atoms with Gasteiger partial charge >= 0.3 is 0 Å². The standard InChI is InChI=1S/C18H32/c1-11-5-15-9-17-7-13(3)14(4)8-18(17)10-16(15)6-12(11)2/h11-18H,5-10H2,1-4H3/t11-,12+,13+,14-,15?,16?,17?,18?. The summed E-state index contributed by atoms with van der Waals surface area (Å²) >= 11 is 0. The van der Waals surface area contributed by atoms with E-state index in [-0.39, 0.29) is 0 Å². The average molecular weight is 248 g/mol. The van der Waals surface area contributed by atoms with Gasteiger partial charge in [0.15, 0.2) is 0 Å². The molecular weight excluding hydrogens is 216 g/mol. The molecule has 0 N–H and O–H groups in total. The van der Waals surface area contributed by atoms with Crippen molar-refractivity contribution in [1.29, 1.82) is 0 Å². The van der Waals surface area contributed by atoms with Crippen LogP contribution in [0.15, 0.2) is 0 Å². The highest BCUT2D eigenvalue weighted by molar-refractivity contribution is 4.94. The summed E-state index contributed by atoms with van der Waals surface area (Å²) in [5.74, 6) is 8.34. The van der Waals surface area contributed by atoms with Gasteiger partial charge in [0.2, 0.25) is 0 Å². The summed E-state index contributed by atoms with van der Waals surface area (Å²) in [5.41, 5.74) is 0. The second-order valence-corrected chi connectivity index (χ2v) is 8.36. The van der Waals surface area contributed by atoms with Crippen LogP contribution in [0, 0.1) is 47.3 Å². The molecule has 0 aromatic carbocycles. The van der Waals surface area contributed by atoms with E-state index in [0.717, 1.165) is 47.3 Å². The minimum Gasteiger partial charge on any atom is -0.0622 e. The van der Waals surface area contributed by atoms with Crippen LogP contribution in [0.2, 0.25) is 0 Å². The van der Waals surface area contributed by atoms with Gasteiger partial charge in [-0.1, -0.05) is 27.7 Å². The molecule has 0 bridgehead atoms. The van der Waals surface area contributed by atoms with Crippen LogP contribution < -0.4 is 0 Å². The Morgan fingerprint density at radius 2 is 0.611 bits per heavy atom. The molecule has 0 aromatic rings. The fourth-order valence-corrected chi connectivity index (χ4v) is 5.54. The first-order chi connectivity index (χ1) is 8.54. The van der Waals surface area contributed by atoms with Crippen molar-refractivity contribution in [3.63, 3.8) is 0 Å². The summed E-state index contributed by atoms with van der Waals surface area (Å²) in [7, 11) is 0. The largest absolute Gasteiger partial charge is 0.0622 e. The van der Waals surface area contributed by atoms with E-state index in [1.807, 2.05) is 0 Å². The lowest BCUT2D eigenvalue weighted by Gasteiger charge is -2.51. The summed E-state index contributed by atoms with van der Waals surface area (Å²) in [6, 6.07) is 0. The van der Waals surface area contributed by atoms with Gasteiger partial charge < -0.3 is 0 Å². The smallest absolute Gasteiger partial charge is 0.0380 e. The number of fused-ring (bicyclic) bond motifs is 2. The SMILES string of the molecule is C[C@@H]1CC2CC3C[C@H](C)[C@H](C)CC3CC2C[C@@H]1C. The zero-order valence-electron chi connectivity index (χ0n) is 12.9. The highest BCUT2D eigenvalue weighted by atomic mass is 14.5. The molecule has 3 rings (SSSR count). The van der Waals surface area contributed by atoms with E-state index in [1.54, 1.807) is 38.5 Å². The minimum atomic E-state index is 0.989. The molecule has 0 amide bonds. The minimum absolute atomic E-state index is 0.989. The maximum Gasteiger partial charge on any atom is -0.0380 e. The van der Waals surface area contributed by atoms with E-state index in [4.69, 9.17) is 0 Å². The van der Waals surface area contributed by atoms with Crippen LogP contribution in [0.5, 0.6) is 0 Å². The summed E-state index contributed by atoms with van der Waals surface area (Å²) in [5, 5.41) is 0. The van der Waals surface area contributed by atoms with Gasteiger partial charge in [0, 0.05) is 0 Å². The van der Waals surface area contributed by atoms with Crippen molar-refractivity contribution in [1.82, 2.24) is 0 Å². The molecule has 0 spiro atoms. The highest BCUT2D eigenvalue weighted by Crippen LogP contribution is 2.53. The fraction of sp³-hybridized carbons (Fsp3) is 1.00. The Morgan fingerprint density at radius 3 is 0.833 bits per heavy atom. The Morgan fingerprint density at radius 1 is 0.389 bits per heavy atom. The molecule has 0 heterocycles. The quantitative estimate of drug-likeness (QED) is 0.540. The number of hydrogen-bond donors (Lipinski definition) is 0. The molecule has 0 aliphatic heterocycles. The van der Waals surface area contributed by atoms with Crippen molar-refractivity contribution < 1.29 is 0 Å². The molecule has 104 valence electrons. The fourth-order valence-electron chi connectivity index (χ4n) is 5.54. The van der Waals surface area contributed by atoms with Crippen LogP contribution in [0.25, 0.3) is 0 Å². The Hall–Kier alpha value is 0. The summed E-state index contributed by atoms with van der Waals surface area (Å²) in [6.45, 7) is 9.99. The predicted molar refractivity (Wildman–Crippen MR) is 78.3 cm³/mol. The highest BCUT2D eigenvalue weighted by Gasteiger charge is 2.44. The van der Waals surface area contributed by atoms with Crippen molar-refractivity contribution in [2.75, 3.05) is 0 Å². The van der Waals surface area contributed by atoms with Gasteiger partial charge in [0.1, 0.15) is 0 Å². The lowest BCUT2D eigenvalue weighted by Crippen LogP contribution is -2.41. The Bertz CT molecular complexity index is 236. The monoisotopic (exact) mass is 248 g/mol. The van der Waals surface area contributed by atoms with Gasteiger partial charge in [-0.25, -0.2) is 0 Å². The number of hydrogen-bond acceptors (Lipinski definition) is 0. The second-order valence-electron chi connectivity index (χ2n) is 8.36. The first-order valence-electron chi connectivity index (χ1n) is 8.54. The second kappa shape index (κ2) is 4.84. The van der Waals surface area contributed by atoms with Gasteiger partial charge in [-0.3, -0.25) is 0 Å². The third-order valence-electron chi connectivity index (χ3n) is 7.19. The van der Waals surface area contributed by atoms with E-state index in [0.29, 0.717) is 0 Å². The lowest BCUT2D eigenvalue weighted by molar-refractivity contribution is -0.00645. The average Bonchev–Trinajstić information content (AvgIpc) is 2.31. The van der Waals surface area contributed by atoms with E-state index < -0.39 is 0 Å². The van der Waals surface area contributed by atoms with Crippen LogP contribution in [-0.2, 0) is 0 Å². The van der Waals surface area contributed by atoms with Gasteiger partial charge in [-0.15, -0.1) is 0 Å². The van der Waals surface area contributed by atoms with Gasteiger partial charge in [-0.05, 0) is 85.9 Å². The Labute approximate surface area is 114 Å². The van der Waals surface area contributed by atoms with Gasteiger partial charge in [0.25, 0.3) is 0 Å². The first kappa shape index (κ1) is 13.0. The van der Waals surface area contributed by atoms with Crippen LogP contribution >= 0.6 is 0 Å². The van der Waals surface area contributed by atoms with Crippen LogP contribution in [0.4, 0.5) is 0 Å². The van der Waals surface area contributed by atoms with E-state index in [1.165, 1.54) is 0 Å². The molecule has 4 unspecified atom stereocenters. The van der Waals surface area contributed by atoms with Crippen molar-refractivity contribution in [2.24, 2.45) is 47.3 Å².